The Hall–Kier alpha value is -1.46. The molecule has 3 nitrogen and oxygen atoms in total. The van der Waals surface area contributed by atoms with E-state index in [1.807, 2.05) is 26.0 Å². The Kier molecular flexibility index (Phi) is 5.40. The second-order valence-corrected chi connectivity index (χ2v) is 8.48. The Morgan fingerprint density at radius 3 is 2.42 bits per heavy atom. The Morgan fingerprint density at radius 2 is 1.77 bits per heavy atom. The molecule has 0 spiro atoms. The van der Waals surface area contributed by atoms with Gasteiger partial charge in [0.1, 0.15) is 0 Å². The number of para-hydroxylation sites is 1. The van der Waals surface area contributed by atoms with Crippen molar-refractivity contribution in [1.29, 1.82) is 0 Å². The molecule has 1 amide bonds. The smallest absolute Gasteiger partial charge is 0.260 e. The number of benzene rings is 2. The van der Waals surface area contributed by atoms with Gasteiger partial charge in [0.25, 0.3) is 5.91 Å². The first kappa shape index (κ1) is 19.3. The van der Waals surface area contributed by atoms with Crippen LogP contribution in [-0.4, -0.2) is 21.5 Å². The van der Waals surface area contributed by atoms with Crippen molar-refractivity contribution < 1.29 is 4.79 Å². The summed E-state index contributed by atoms with van der Waals surface area (Å²) >= 11 is 19.6. The number of amidine groups is 1. The molecule has 1 aliphatic rings. The van der Waals surface area contributed by atoms with Crippen LogP contribution in [0.2, 0.25) is 15.1 Å². The number of hydrogen-bond acceptors (Lipinski definition) is 3. The zero-order valence-corrected chi connectivity index (χ0v) is 17.2. The molecule has 2 aromatic carbocycles. The summed E-state index contributed by atoms with van der Waals surface area (Å²) in [5.74, 6) is -0.231. The SMILES string of the molecule is C=C1SC(=Nc2ccccc2Cl)N(C(=O)c2ccc(Cl)c(Cl)c2)C1(C)C. The van der Waals surface area contributed by atoms with Crippen molar-refractivity contribution >= 4 is 63.3 Å². The van der Waals surface area contributed by atoms with Gasteiger partial charge in [-0.15, -0.1) is 0 Å². The number of hydrogen-bond donors (Lipinski definition) is 0. The van der Waals surface area contributed by atoms with Crippen LogP contribution in [0.3, 0.4) is 0 Å². The molecule has 1 saturated heterocycles. The van der Waals surface area contributed by atoms with Crippen LogP contribution in [0, 0.1) is 0 Å². The number of nitrogens with zero attached hydrogens (tertiary/aromatic N) is 2. The lowest BCUT2D eigenvalue weighted by Crippen LogP contribution is -2.45. The maximum absolute atomic E-state index is 13.2. The molecule has 0 saturated carbocycles. The lowest BCUT2D eigenvalue weighted by Gasteiger charge is -2.31. The molecular weight excluding hydrogens is 411 g/mol. The van der Waals surface area contributed by atoms with Gasteiger partial charge < -0.3 is 0 Å². The predicted octanol–water partition coefficient (Wildman–Crippen LogP) is 6.82. The van der Waals surface area contributed by atoms with Crippen molar-refractivity contribution in [2.24, 2.45) is 4.99 Å². The normalized spacial score (nSPS) is 17.8. The molecule has 26 heavy (non-hydrogen) atoms. The third-order valence-electron chi connectivity index (χ3n) is 4.09. The van der Waals surface area contributed by atoms with E-state index < -0.39 is 5.54 Å². The average molecular weight is 426 g/mol. The Bertz CT molecular complexity index is 940. The molecule has 0 radical (unpaired) electrons. The maximum Gasteiger partial charge on any atom is 0.260 e. The Balaban J connectivity index is 2.08. The molecule has 0 unspecified atom stereocenters. The summed E-state index contributed by atoms with van der Waals surface area (Å²) in [6.45, 7) is 7.93. The molecule has 1 heterocycles. The number of thioether (sulfide) groups is 1. The minimum Gasteiger partial charge on any atom is -0.277 e. The van der Waals surface area contributed by atoms with Crippen LogP contribution < -0.4 is 0 Å². The van der Waals surface area contributed by atoms with E-state index in [4.69, 9.17) is 34.8 Å². The molecule has 0 aliphatic carbocycles. The summed E-state index contributed by atoms with van der Waals surface area (Å²) in [6.07, 6.45) is 0. The quantitative estimate of drug-likeness (QED) is 0.529. The van der Waals surface area contributed by atoms with Gasteiger partial charge >= 0.3 is 0 Å². The number of aliphatic imine (C=N–C) groups is 1. The molecule has 3 rings (SSSR count). The predicted molar refractivity (Wildman–Crippen MR) is 112 cm³/mol. The summed E-state index contributed by atoms with van der Waals surface area (Å²) in [5.41, 5.74) is 0.400. The zero-order valence-electron chi connectivity index (χ0n) is 14.1. The van der Waals surface area contributed by atoms with Crippen LogP contribution in [0.5, 0.6) is 0 Å². The molecule has 7 heteroatoms. The highest BCUT2D eigenvalue weighted by atomic mass is 35.5. The lowest BCUT2D eigenvalue weighted by molar-refractivity contribution is 0.0781. The van der Waals surface area contributed by atoms with Crippen molar-refractivity contribution in [2.75, 3.05) is 0 Å². The summed E-state index contributed by atoms with van der Waals surface area (Å²) in [6, 6.07) is 12.0. The summed E-state index contributed by atoms with van der Waals surface area (Å²) in [4.78, 5) is 20.2. The highest BCUT2D eigenvalue weighted by molar-refractivity contribution is 8.17. The number of carbonyl (C=O) groups excluding carboxylic acids is 1. The fraction of sp³-hybridized carbons (Fsp3) is 0.158. The monoisotopic (exact) mass is 424 g/mol. The van der Waals surface area contributed by atoms with Gasteiger partial charge in [0.2, 0.25) is 0 Å². The molecule has 0 bridgehead atoms. The van der Waals surface area contributed by atoms with Gasteiger partial charge in [-0.1, -0.05) is 65.3 Å². The largest absolute Gasteiger partial charge is 0.277 e. The first-order valence-corrected chi connectivity index (χ1v) is 9.67. The second-order valence-electron chi connectivity index (χ2n) is 6.20. The molecule has 2 aromatic rings. The van der Waals surface area contributed by atoms with Gasteiger partial charge in [0.15, 0.2) is 5.17 Å². The van der Waals surface area contributed by atoms with Gasteiger partial charge in [-0.25, -0.2) is 4.99 Å². The highest BCUT2D eigenvalue weighted by Gasteiger charge is 2.44. The summed E-state index contributed by atoms with van der Waals surface area (Å²) < 4.78 is 0. The van der Waals surface area contributed by atoms with E-state index in [-0.39, 0.29) is 5.91 Å². The van der Waals surface area contributed by atoms with E-state index in [2.05, 4.69) is 11.6 Å². The second kappa shape index (κ2) is 7.28. The van der Waals surface area contributed by atoms with Crippen LogP contribution in [0.4, 0.5) is 5.69 Å². The number of rotatable bonds is 2. The van der Waals surface area contributed by atoms with E-state index in [1.54, 1.807) is 35.2 Å². The average Bonchev–Trinajstić information content (AvgIpc) is 2.80. The van der Waals surface area contributed by atoms with E-state index in [0.717, 1.165) is 4.91 Å². The highest BCUT2D eigenvalue weighted by Crippen LogP contribution is 2.44. The molecule has 0 N–H and O–H groups in total. The zero-order chi connectivity index (χ0) is 19.1. The number of halogens is 3. The van der Waals surface area contributed by atoms with Crippen LogP contribution >= 0.6 is 46.6 Å². The van der Waals surface area contributed by atoms with Gasteiger partial charge in [-0.2, -0.15) is 0 Å². The minimum atomic E-state index is -0.617. The topological polar surface area (TPSA) is 32.7 Å². The van der Waals surface area contributed by atoms with Crippen molar-refractivity contribution in [2.45, 2.75) is 19.4 Å². The third kappa shape index (κ3) is 3.52. The minimum absolute atomic E-state index is 0.231. The molecule has 0 atom stereocenters. The third-order valence-corrected chi connectivity index (χ3v) is 6.35. The lowest BCUT2D eigenvalue weighted by atomic mass is 10.0. The molecular formula is C19H15Cl3N2OS. The molecule has 134 valence electrons. The Labute approximate surface area is 171 Å². The van der Waals surface area contributed by atoms with Crippen LogP contribution in [0.15, 0.2) is 58.9 Å². The van der Waals surface area contributed by atoms with Crippen molar-refractivity contribution in [3.8, 4) is 0 Å². The van der Waals surface area contributed by atoms with Gasteiger partial charge in [0.05, 0.1) is 26.3 Å². The van der Waals surface area contributed by atoms with Crippen molar-refractivity contribution in [1.82, 2.24) is 4.90 Å². The standard InChI is InChI=1S/C19H15Cl3N2OS/c1-11-19(2,3)24(17(25)12-8-9-13(20)15(22)10-12)18(26-11)23-16-7-5-4-6-14(16)21/h4-10H,1H2,2-3H3. The first-order valence-electron chi connectivity index (χ1n) is 7.72. The van der Waals surface area contributed by atoms with Crippen LogP contribution in [0.1, 0.15) is 24.2 Å². The van der Waals surface area contributed by atoms with Crippen molar-refractivity contribution in [3.63, 3.8) is 0 Å². The van der Waals surface area contributed by atoms with Crippen LogP contribution in [0.25, 0.3) is 0 Å². The Morgan fingerprint density at radius 1 is 1.08 bits per heavy atom. The number of carbonyl (C=O) groups is 1. The van der Waals surface area contributed by atoms with Crippen LogP contribution in [-0.2, 0) is 0 Å². The maximum atomic E-state index is 13.2. The first-order chi connectivity index (χ1) is 12.2. The summed E-state index contributed by atoms with van der Waals surface area (Å²) in [7, 11) is 0. The summed E-state index contributed by atoms with van der Waals surface area (Å²) in [5, 5.41) is 1.75. The van der Waals surface area contributed by atoms with E-state index in [0.29, 0.717) is 31.5 Å². The fourth-order valence-corrected chi connectivity index (χ4v) is 4.05. The van der Waals surface area contributed by atoms with E-state index in [9.17, 15) is 4.79 Å². The van der Waals surface area contributed by atoms with Gasteiger partial charge in [-0.3, -0.25) is 9.69 Å². The molecule has 1 fully saturated rings. The van der Waals surface area contributed by atoms with Crippen molar-refractivity contribution in [3.05, 3.63) is 74.6 Å². The van der Waals surface area contributed by atoms with Gasteiger partial charge in [-0.05, 0) is 44.2 Å². The van der Waals surface area contributed by atoms with E-state index >= 15 is 0 Å². The molecule has 1 aliphatic heterocycles. The molecule has 0 aromatic heterocycles. The fourth-order valence-electron chi connectivity index (χ4n) is 2.46. The van der Waals surface area contributed by atoms with Gasteiger partial charge in [0, 0.05) is 10.5 Å². The van der Waals surface area contributed by atoms with E-state index in [1.165, 1.54) is 11.8 Å². The number of amides is 1.